The third-order valence-electron chi connectivity index (χ3n) is 3.29. The molecule has 4 nitrogen and oxygen atoms in total. The normalized spacial score (nSPS) is 10.7. The summed E-state index contributed by atoms with van der Waals surface area (Å²) in [5.74, 6) is -0.427. The fourth-order valence-electron chi connectivity index (χ4n) is 2.23. The number of anilines is 1. The molecule has 128 valence electrons. The lowest BCUT2D eigenvalue weighted by Gasteiger charge is -2.11. The number of aromatic nitrogens is 1. The first-order valence-electron chi connectivity index (χ1n) is 7.45. The maximum absolute atomic E-state index is 12.4. The highest BCUT2D eigenvalue weighted by Gasteiger charge is 2.13. The van der Waals surface area contributed by atoms with Crippen LogP contribution in [0, 0.1) is 0 Å². The second kappa shape index (κ2) is 7.85. The van der Waals surface area contributed by atoms with Gasteiger partial charge in [-0.25, -0.2) is 4.98 Å². The third kappa shape index (κ3) is 4.60. The van der Waals surface area contributed by atoms with Crippen LogP contribution in [-0.4, -0.2) is 17.5 Å². The summed E-state index contributed by atoms with van der Waals surface area (Å²) in [6.07, 6.45) is 0.0480. The molecule has 0 saturated carbocycles. The summed E-state index contributed by atoms with van der Waals surface area (Å²) in [4.78, 5) is 16.6. The molecule has 0 aliphatic heterocycles. The van der Waals surface area contributed by atoms with Gasteiger partial charge in [-0.05, 0) is 12.1 Å². The molecule has 0 spiro atoms. The maximum atomic E-state index is 12.4. The predicted octanol–water partition coefficient (Wildman–Crippen LogP) is 4.59. The first kappa shape index (κ1) is 17.0. The molecule has 0 atom stereocenters. The topological polar surface area (TPSA) is 51.2 Å². The van der Waals surface area contributed by atoms with Crippen LogP contribution in [0.25, 0.3) is 10.6 Å². The molecule has 2 aromatic carbocycles. The largest absolute Gasteiger partial charge is 0.433 e. The van der Waals surface area contributed by atoms with Gasteiger partial charge in [-0.3, -0.25) is 4.79 Å². The van der Waals surface area contributed by atoms with Gasteiger partial charge in [0.05, 0.1) is 17.8 Å². The Bertz CT molecular complexity index is 853. The number of nitrogens with one attached hydrogen (secondary N) is 1. The zero-order valence-corrected chi connectivity index (χ0v) is 13.8. The minimum atomic E-state index is -2.95. The Morgan fingerprint density at radius 2 is 1.84 bits per heavy atom. The van der Waals surface area contributed by atoms with E-state index in [1.807, 2.05) is 35.7 Å². The van der Waals surface area contributed by atoms with Crippen molar-refractivity contribution in [2.75, 3.05) is 5.32 Å². The molecule has 1 amide bonds. The number of ether oxygens (including phenoxy) is 1. The zero-order chi connectivity index (χ0) is 17.6. The van der Waals surface area contributed by atoms with E-state index in [0.29, 0.717) is 5.69 Å². The van der Waals surface area contributed by atoms with Crippen molar-refractivity contribution in [2.24, 2.45) is 0 Å². The molecule has 0 bridgehead atoms. The number of hydrogen-bond acceptors (Lipinski definition) is 4. The number of carbonyl (C=O) groups excluding carboxylic acids is 1. The Morgan fingerprint density at radius 1 is 1.12 bits per heavy atom. The van der Waals surface area contributed by atoms with Gasteiger partial charge in [0.2, 0.25) is 5.91 Å². The molecule has 1 N–H and O–H groups in total. The second-order valence-corrected chi connectivity index (χ2v) is 5.97. The number of alkyl halides is 2. The Morgan fingerprint density at radius 3 is 2.60 bits per heavy atom. The molecule has 1 aromatic heterocycles. The molecule has 3 aromatic rings. The minimum absolute atomic E-state index is 0.0480. The van der Waals surface area contributed by atoms with Gasteiger partial charge in [0, 0.05) is 10.9 Å². The summed E-state index contributed by atoms with van der Waals surface area (Å²) in [5.41, 5.74) is 1.80. The monoisotopic (exact) mass is 360 g/mol. The highest BCUT2D eigenvalue weighted by atomic mass is 32.1. The van der Waals surface area contributed by atoms with Crippen LogP contribution in [0.4, 0.5) is 14.5 Å². The van der Waals surface area contributed by atoms with Crippen molar-refractivity contribution >= 4 is 22.9 Å². The number of carbonyl (C=O) groups is 1. The van der Waals surface area contributed by atoms with Gasteiger partial charge in [0.15, 0.2) is 0 Å². The van der Waals surface area contributed by atoms with E-state index in [1.165, 1.54) is 23.5 Å². The van der Waals surface area contributed by atoms with E-state index in [-0.39, 0.29) is 23.8 Å². The number of rotatable bonds is 6. The summed E-state index contributed by atoms with van der Waals surface area (Å²) in [5, 5.41) is 5.21. The number of para-hydroxylation sites is 2. The molecule has 0 aliphatic carbocycles. The van der Waals surface area contributed by atoms with Crippen molar-refractivity contribution in [3.8, 4) is 16.3 Å². The van der Waals surface area contributed by atoms with E-state index >= 15 is 0 Å². The molecule has 7 heteroatoms. The van der Waals surface area contributed by atoms with E-state index in [2.05, 4.69) is 15.0 Å². The predicted molar refractivity (Wildman–Crippen MR) is 93.0 cm³/mol. The van der Waals surface area contributed by atoms with Gasteiger partial charge in [-0.15, -0.1) is 11.3 Å². The standard InChI is InChI=1S/C18H14F2N2O2S/c19-18(20)24-15-9-5-4-8-14(15)22-16(23)10-13-11-25-17(21-13)12-6-2-1-3-7-12/h1-9,11,18H,10H2,(H,22,23). The van der Waals surface area contributed by atoms with Crippen LogP contribution in [0.3, 0.4) is 0 Å². The summed E-state index contributed by atoms with van der Waals surface area (Å²) < 4.78 is 29.2. The lowest BCUT2D eigenvalue weighted by Crippen LogP contribution is -2.16. The first-order chi connectivity index (χ1) is 12.1. The van der Waals surface area contributed by atoms with E-state index in [4.69, 9.17) is 0 Å². The van der Waals surface area contributed by atoms with Crippen LogP contribution in [0.2, 0.25) is 0 Å². The van der Waals surface area contributed by atoms with Crippen LogP contribution >= 0.6 is 11.3 Å². The number of thiazole rings is 1. The van der Waals surface area contributed by atoms with Crippen LogP contribution in [-0.2, 0) is 11.2 Å². The molecule has 0 unspecified atom stereocenters. The van der Waals surface area contributed by atoms with E-state index < -0.39 is 6.61 Å². The van der Waals surface area contributed by atoms with Crippen LogP contribution in [0.1, 0.15) is 5.69 Å². The Balaban J connectivity index is 1.67. The molecule has 3 rings (SSSR count). The average Bonchev–Trinajstić information content (AvgIpc) is 3.05. The van der Waals surface area contributed by atoms with Crippen molar-refractivity contribution in [1.29, 1.82) is 0 Å². The number of nitrogens with zero attached hydrogens (tertiary/aromatic N) is 1. The number of hydrogen-bond donors (Lipinski definition) is 1. The molecule has 0 fully saturated rings. The summed E-state index contributed by atoms with van der Waals surface area (Å²) in [7, 11) is 0. The Hall–Kier alpha value is -2.80. The first-order valence-corrected chi connectivity index (χ1v) is 8.33. The van der Waals surface area contributed by atoms with Gasteiger partial charge >= 0.3 is 6.61 Å². The van der Waals surface area contributed by atoms with Gasteiger partial charge in [0.1, 0.15) is 10.8 Å². The van der Waals surface area contributed by atoms with E-state index in [0.717, 1.165) is 10.6 Å². The molecule has 25 heavy (non-hydrogen) atoms. The van der Waals surface area contributed by atoms with Crippen molar-refractivity contribution in [2.45, 2.75) is 13.0 Å². The SMILES string of the molecule is O=C(Cc1csc(-c2ccccc2)n1)Nc1ccccc1OC(F)F. The van der Waals surface area contributed by atoms with Crippen molar-refractivity contribution in [3.63, 3.8) is 0 Å². The molecular formula is C18H14F2N2O2S. The van der Waals surface area contributed by atoms with Crippen molar-refractivity contribution in [3.05, 3.63) is 65.7 Å². The van der Waals surface area contributed by atoms with E-state index in [9.17, 15) is 13.6 Å². The maximum Gasteiger partial charge on any atom is 0.387 e. The van der Waals surface area contributed by atoms with Crippen LogP contribution in [0.15, 0.2) is 60.0 Å². The van der Waals surface area contributed by atoms with Crippen LogP contribution in [0.5, 0.6) is 5.75 Å². The number of amides is 1. The molecule has 0 radical (unpaired) electrons. The van der Waals surface area contributed by atoms with Gasteiger partial charge in [-0.1, -0.05) is 42.5 Å². The molecular weight excluding hydrogens is 346 g/mol. The van der Waals surface area contributed by atoms with E-state index in [1.54, 1.807) is 12.1 Å². The lowest BCUT2D eigenvalue weighted by atomic mass is 10.2. The summed E-state index contributed by atoms with van der Waals surface area (Å²) >= 11 is 1.45. The number of halogens is 2. The average molecular weight is 360 g/mol. The zero-order valence-electron chi connectivity index (χ0n) is 13.0. The summed E-state index contributed by atoms with van der Waals surface area (Å²) in [6.45, 7) is -2.95. The van der Waals surface area contributed by atoms with Crippen molar-refractivity contribution < 1.29 is 18.3 Å². The highest BCUT2D eigenvalue weighted by Crippen LogP contribution is 2.26. The Labute approximate surface area is 147 Å². The van der Waals surface area contributed by atoms with Gasteiger partial charge in [0.25, 0.3) is 0 Å². The van der Waals surface area contributed by atoms with Crippen molar-refractivity contribution in [1.82, 2.24) is 4.98 Å². The van der Waals surface area contributed by atoms with Gasteiger partial charge < -0.3 is 10.1 Å². The van der Waals surface area contributed by atoms with Crippen LogP contribution < -0.4 is 10.1 Å². The second-order valence-electron chi connectivity index (χ2n) is 5.11. The third-order valence-corrected chi connectivity index (χ3v) is 4.23. The fourth-order valence-corrected chi connectivity index (χ4v) is 3.05. The summed E-state index contributed by atoms with van der Waals surface area (Å²) in [6, 6.07) is 15.7. The lowest BCUT2D eigenvalue weighted by molar-refractivity contribution is -0.115. The number of benzene rings is 2. The quantitative estimate of drug-likeness (QED) is 0.699. The molecule has 0 aliphatic rings. The highest BCUT2D eigenvalue weighted by molar-refractivity contribution is 7.13. The Kier molecular flexibility index (Phi) is 5.35. The smallest absolute Gasteiger partial charge is 0.387 e. The minimum Gasteiger partial charge on any atom is -0.433 e. The fraction of sp³-hybridized carbons (Fsp3) is 0.111. The molecule has 1 heterocycles. The molecule has 0 saturated heterocycles. The van der Waals surface area contributed by atoms with Gasteiger partial charge in [-0.2, -0.15) is 8.78 Å².